The van der Waals surface area contributed by atoms with Crippen molar-refractivity contribution in [3.63, 3.8) is 0 Å². The summed E-state index contributed by atoms with van der Waals surface area (Å²) in [7, 11) is 0. The summed E-state index contributed by atoms with van der Waals surface area (Å²) in [5.41, 5.74) is 0.887. The molecular weight excluding hydrogens is 210 g/mol. The molecule has 0 atom stereocenters. The topological polar surface area (TPSA) is 40.9 Å². The van der Waals surface area contributed by atoms with E-state index in [0.717, 1.165) is 18.4 Å². The number of nitrogens with zero attached hydrogens (tertiary/aromatic N) is 1. The van der Waals surface area contributed by atoms with E-state index in [1.54, 1.807) is 12.1 Å². The van der Waals surface area contributed by atoms with Gasteiger partial charge in [-0.1, -0.05) is 23.7 Å². The summed E-state index contributed by atoms with van der Waals surface area (Å²) in [6.45, 7) is 1.48. The Hall–Kier alpha value is -1.33. The van der Waals surface area contributed by atoms with Crippen LogP contribution >= 0.6 is 11.6 Å². The van der Waals surface area contributed by atoms with Gasteiger partial charge >= 0.3 is 0 Å². The Bertz CT molecular complexity index is 469. The molecule has 1 saturated carbocycles. The molecule has 0 saturated heterocycles. The van der Waals surface area contributed by atoms with Gasteiger partial charge in [-0.3, -0.25) is 4.79 Å². The van der Waals surface area contributed by atoms with Gasteiger partial charge in [-0.2, -0.15) is 5.26 Å². The fourth-order valence-electron chi connectivity index (χ4n) is 1.74. The maximum atomic E-state index is 11.3. The van der Waals surface area contributed by atoms with E-state index in [1.165, 1.54) is 6.92 Å². The van der Waals surface area contributed by atoms with Gasteiger partial charge in [0, 0.05) is 5.56 Å². The zero-order chi connectivity index (χ0) is 11.1. The highest BCUT2D eigenvalue weighted by Gasteiger charge is 2.46. The number of carbonyl (C=O) groups is 1. The van der Waals surface area contributed by atoms with Crippen molar-refractivity contribution in [1.29, 1.82) is 5.26 Å². The molecule has 0 heterocycles. The van der Waals surface area contributed by atoms with Crippen LogP contribution in [0.1, 0.15) is 35.7 Å². The van der Waals surface area contributed by atoms with Crippen LogP contribution in [0.3, 0.4) is 0 Å². The highest BCUT2D eigenvalue weighted by Crippen LogP contribution is 2.50. The quantitative estimate of drug-likeness (QED) is 0.718. The molecule has 0 amide bonds. The third kappa shape index (κ3) is 1.53. The van der Waals surface area contributed by atoms with E-state index >= 15 is 0 Å². The van der Waals surface area contributed by atoms with Crippen LogP contribution in [-0.2, 0) is 5.41 Å². The molecule has 0 aromatic heterocycles. The normalized spacial score (nSPS) is 16.9. The van der Waals surface area contributed by atoms with E-state index in [0.29, 0.717) is 10.6 Å². The summed E-state index contributed by atoms with van der Waals surface area (Å²) in [6.07, 6.45) is 1.68. The second-order valence-electron chi connectivity index (χ2n) is 3.92. The summed E-state index contributed by atoms with van der Waals surface area (Å²) in [5.74, 6) is -0.0596. The number of carbonyl (C=O) groups excluding carboxylic acids is 1. The monoisotopic (exact) mass is 219 g/mol. The molecular formula is C12H10ClNO. The Morgan fingerprint density at radius 1 is 1.53 bits per heavy atom. The lowest BCUT2D eigenvalue weighted by Gasteiger charge is -2.10. The van der Waals surface area contributed by atoms with Gasteiger partial charge < -0.3 is 0 Å². The van der Waals surface area contributed by atoms with E-state index in [-0.39, 0.29) is 5.78 Å². The van der Waals surface area contributed by atoms with Crippen LogP contribution in [-0.4, -0.2) is 5.78 Å². The second-order valence-corrected chi connectivity index (χ2v) is 4.30. The first-order valence-electron chi connectivity index (χ1n) is 4.82. The van der Waals surface area contributed by atoms with Crippen molar-refractivity contribution in [2.24, 2.45) is 0 Å². The van der Waals surface area contributed by atoms with Crippen LogP contribution in [0.25, 0.3) is 0 Å². The van der Waals surface area contributed by atoms with Gasteiger partial charge in [0.05, 0.1) is 16.5 Å². The average molecular weight is 220 g/mol. The highest BCUT2D eigenvalue weighted by molar-refractivity contribution is 6.34. The minimum atomic E-state index is -0.428. The zero-order valence-corrected chi connectivity index (χ0v) is 9.14. The van der Waals surface area contributed by atoms with E-state index in [4.69, 9.17) is 16.9 Å². The predicted molar refractivity (Wildman–Crippen MR) is 58.0 cm³/mol. The molecule has 0 N–H and O–H groups in total. The third-order valence-corrected chi connectivity index (χ3v) is 3.26. The second kappa shape index (κ2) is 3.36. The molecule has 0 aliphatic heterocycles. The van der Waals surface area contributed by atoms with Gasteiger partial charge in [-0.25, -0.2) is 0 Å². The summed E-state index contributed by atoms with van der Waals surface area (Å²) >= 11 is 6.14. The molecule has 76 valence electrons. The van der Waals surface area contributed by atoms with Crippen LogP contribution in [0.2, 0.25) is 5.02 Å². The first kappa shape index (κ1) is 10.2. The summed E-state index contributed by atoms with van der Waals surface area (Å²) in [5, 5.41) is 9.52. The molecule has 3 heteroatoms. The number of hydrogen-bond acceptors (Lipinski definition) is 2. The third-order valence-electron chi connectivity index (χ3n) is 2.86. The molecule has 0 unspecified atom stereocenters. The summed E-state index contributed by atoms with van der Waals surface area (Å²) < 4.78 is 0. The van der Waals surface area contributed by atoms with Gasteiger partial charge in [-0.05, 0) is 31.4 Å². The Balaban J connectivity index is 2.56. The van der Waals surface area contributed by atoms with Crippen molar-refractivity contribution in [3.8, 4) is 6.07 Å². The van der Waals surface area contributed by atoms with Crippen molar-refractivity contribution < 1.29 is 4.79 Å². The molecule has 1 aromatic carbocycles. The Kier molecular flexibility index (Phi) is 2.28. The minimum Gasteiger partial charge on any atom is -0.294 e. The van der Waals surface area contributed by atoms with E-state index in [9.17, 15) is 4.79 Å². The summed E-state index contributed by atoms with van der Waals surface area (Å²) in [6, 6.07) is 7.60. The number of rotatable bonds is 2. The van der Waals surface area contributed by atoms with Gasteiger partial charge in [-0.15, -0.1) is 0 Å². The van der Waals surface area contributed by atoms with Crippen molar-refractivity contribution in [2.75, 3.05) is 0 Å². The van der Waals surface area contributed by atoms with E-state index in [1.807, 2.05) is 6.07 Å². The van der Waals surface area contributed by atoms with Crippen LogP contribution in [0.15, 0.2) is 18.2 Å². The standard InChI is InChI=1S/C12H10ClNO/c1-8(15)9-3-2-4-10(11(9)13)12(7-14)5-6-12/h2-4H,5-6H2,1H3. The van der Waals surface area contributed by atoms with Gasteiger partial charge in [0.2, 0.25) is 0 Å². The molecule has 1 aromatic rings. The van der Waals surface area contributed by atoms with Crippen LogP contribution in [0, 0.1) is 11.3 Å². The van der Waals surface area contributed by atoms with Crippen LogP contribution < -0.4 is 0 Å². The largest absolute Gasteiger partial charge is 0.294 e. The molecule has 2 rings (SSSR count). The molecule has 0 bridgehead atoms. The first-order chi connectivity index (χ1) is 7.10. The Morgan fingerprint density at radius 2 is 2.20 bits per heavy atom. The number of nitriles is 1. The van der Waals surface area contributed by atoms with Crippen molar-refractivity contribution in [3.05, 3.63) is 34.3 Å². The number of ketones is 1. The lowest BCUT2D eigenvalue weighted by molar-refractivity contribution is 0.101. The SMILES string of the molecule is CC(=O)c1cccc(C2(C#N)CC2)c1Cl. The molecule has 1 aliphatic rings. The zero-order valence-electron chi connectivity index (χ0n) is 8.38. The lowest BCUT2D eigenvalue weighted by Crippen LogP contribution is -2.06. The molecule has 0 spiro atoms. The Labute approximate surface area is 93.5 Å². The van der Waals surface area contributed by atoms with Crippen molar-refractivity contribution >= 4 is 17.4 Å². The summed E-state index contributed by atoms with van der Waals surface area (Å²) in [4.78, 5) is 11.3. The van der Waals surface area contributed by atoms with Crippen molar-refractivity contribution in [2.45, 2.75) is 25.2 Å². The average Bonchev–Trinajstić information content (AvgIpc) is 2.98. The van der Waals surface area contributed by atoms with E-state index < -0.39 is 5.41 Å². The van der Waals surface area contributed by atoms with Crippen LogP contribution in [0.4, 0.5) is 0 Å². The molecule has 1 aliphatic carbocycles. The molecule has 1 fully saturated rings. The predicted octanol–water partition coefficient (Wildman–Crippen LogP) is 3.10. The van der Waals surface area contributed by atoms with Gasteiger partial charge in [0.1, 0.15) is 0 Å². The highest BCUT2D eigenvalue weighted by atomic mass is 35.5. The van der Waals surface area contributed by atoms with Gasteiger partial charge in [0.15, 0.2) is 5.78 Å². The maximum Gasteiger partial charge on any atom is 0.161 e. The fourth-order valence-corrected chi connectivity index (χ4v) is 2.18. The first-order valence-corrected chi connectivity index (χ1v) is 5.20. The fraction of sp³-hybridized carbons (Fsp3) is 0.333. The Morgan fingerprint density at radius 3 is 2.67 bits per heavy atom. The number of benzene rings is 1. The molecule has 15 heavy (non-hydrogen) atoms. The minimum absolute atomic E-state index is 0.0596. The van der Waals surface area contributed by atoms with Gasteiger partial charge in [0.25, 0.3) is 0 Å². The smallest absolute Gasteiger partial charge is 0.161 e. The number of Topliss-reactive ketones (excluding diaryl/α,β-unsaturated/α-hetero) is 1. The van der Waals surface area contributed by atoms with Crippen LogP contribution in [0.5, 0.6) is 0 Å². The van der Waals surface area contributed by atoms with Crippen molar-refractivity contribution in [1.82, 2.24) is 0 Å². The molecule has 0 radical (unpaired) electrons. The van der Waals surface area contributed by atoms with E-state index in [2.05, 4.69) is 6.07 Å². The number of halogens is 1. The lowest BCUT2D eigenvalue weighted by atomic mass is 9.95. The molecule has 2 nitrogen and oxygen atoms in total. The number of hydrogen-bond donors (Lipinski definition) is 0. The maximum absolute atomic E-state index is 11.3.